The molecule has 1 N–H and O–H groups in total. The lowest BCUT2D eigenvalue weighted by Gasteiger charge is -2.05. The van der Waals surface area contributed by atoms with E-state index in [1.54, 1.807) is 36.0 Å². The van der Waals surface area contributed by atoms with Crippen molar-refractivity contribution in [1.82, 2.24) is 9.61 Å². The number of fused-ring (bicyclic) bond motifs is 1. The van der Waals surface area contributed by atoms with Crippen LogP contribution in [0.5, 0.6) is 5.75 Å². The van der Waals surface area contributed by atoms with Gasteiger partial charge in [-0.1, -0.05) is 12.1 Å². The molecule has 0 fully saturated rings. The van der Waals surface area contributed by atoms with Crippen molar-refractivity contribution in [1.29, 1.82) is 0 Å². The zero-order valence-corrected chi connectivity index (χ0v) is 10.9. The van der Waals surface area contributed by atoms with Crippen molar-refractivity contribution in [2.75, 3.05) is 12.4 Å². The molecule has 5 heteroatoms. The van der Waals surface area contributed by atoms with Gasteiger partial charge < -0.3 is 10.1 Å². The predicted octanol–water partition coefficient (Wildman–Crippen LogP) is 2.60. The summed E-state index contributed by atoms with van der Waals surface area (Å²) in [7, 11) is 1.59. The van der Waals surface area contributed by atoms with Crippen LogP contribution in [0.3, 0.4) is 0 Å². The summed E-state index contributed by atoms with van der Waals surface area (Å²) < 4.78 is 6.79. The van der Waals surface area contributed by atoms with Gasteiger partial charge in [-0.3, -0.25) is 4.79 Å². The average Bonchev–Trinajstić information content (AvgIpc) is 2.91. The first-order chi connectivity index (χ1) is 9.76. The molecule has 0 saturated carbocycles. The second kappa shape index (κ2) is 5.05. The van der Waals surface area contributed by atoms with E-state index in [0.29, 0.717) is 17.1 Å². The first kappa shape index (κ1) is 12.2. The van der Waals surface area contributed by atoms with Crippen molar-refractivity contribution in [3.05, 3.63) is 60.4 Å². The summed E-state index contributed by atoms with van der Waals surface area (Å²) in [6, 6.07) is 14.6. The molecule has 0 aliphatic carbocycles. The van der Waals surface area contributed by atoms with Crippen molar-refractivity contribution in [3.8, 4) is 5.75 Å². The Hall–Kier alpha value is -2.82. The molecule has 2 heterocycles. The van der Waals surface area contributed by atoms with Crippen LogP contribution in [0, 0.1) is 0 Å². The third-order valence-electron chi connectivity index (χ3n) is 2.93. The SMILES string of the molecule is COc1cccc(NC(=O)c2cc3ccccn3n2)c1. The minimum Gasteiger partial charge on any atom is -0.497 e. The number of carbonyl (C=O) groups is 1. The highest BCUT2D eigenvalue weighted by atomic mass is 16.5. The van der Waals surface area contributed by atoms with E-state index in [4.69, 9.17) is 4.74 Å². The monoisotopic (exact) mass is 267 g/mol. The molecule has 1 aromatic carbocycles. The number of nitrogens with one attached hydrogen (secondary N) is 1. The molecule has 3 aromatic rings. The van der Waals surface area contributed by atoms with E-state index in [1.807, 2.05) is 30.3 Å². The van der Waals surface area contributed by atoms with Crippen molar-refractivity contribution in [2.24, 2.45) is 0 Å². The van der Waals surface area contributed by atoms with Gasteiger partial charge in [-0.15, -0.1) is 0 Å². The molecule has 0 radical (unpaired) electrons. The number of ether oxygens (including phenoxy) is 1. The van der Waals surface area contributed by atoms with Gasteiger partial charge in [0, 0.05) is 18.0 Å². The number of pyridine rings is 1. The van der Waals surface area contributed by atoms with Crippen LogP contribution in [-0.4, -0.2) is 22.6 Å². The van der Waals surface area contributed by atoms with Crippen LogP contribution in [0.4, 0.5) is 5.69 Å². The lowest BCUT2D eigenvalue weighted by molar-refractivity contribution is 0.102. The quantitative estimate of drug-likeness (QED) is 0.793. The van der Waals surface area contributed by atoms with Crippen LogP contribution >= 0.6 is 0 Å². The zero-order valence-electron chi connectivity index (χ0n) is 10.9. The summed E-state index contributed by atoms with van der Waals surface area (Å²) in [6.45, 7) is 0. The van der Waals surface area contributed by atoms with Gasteiger partial charge in [0.1, 0.15) is 5.75 Å². The topological polar surface area (TPSA) is 55.6 Å². The summed E-state index contributed by atoms with van der Waals surface area (Å²) in [5, 5.41) is 7.02. The Balaban J connectivity index is 1.85. The molecular formula is C15H13N3O2. The fourth-order valence-corrected chi connectivity index (χ4v) is 1.95. The van der Waals surface area contributed by atoms with E-state index < -0.39 is 0 Å². The first-order valence-electron chi connectivity index (χ1n) is 6.16. The first-order valence-corrected chi connectivity index (χ1v) is 6.16. The van der Waals surface area contributed by atoms with Crippen LogP contribution in [-0.2, 0) is 0 Å². The maximum absolute atomic E-state index is 12.2. The van der Waals surface area contributed by atoms with Gasteiger partial charge in [0.25, 0.3) is 5.91 Å². The molecule has 3 rings (SSSR count). The molecule has 0 bridgehead atoms. The fourth-order valence-electron chi connectivity index (χ4n) is 1.95. The second-order valence-corrected chi connectivity index (χ2v) is 4.29. The molecule has 0 atom stereocenters. The highest BCUT2D eigenvalue weighted by Gasteiger charge is 2.11. The number of aromatic nitrogens is 2. The number of benzene rings is 1. The minimum absolute atomic E-state index is 0.248. The number of hydrogen-bond donors (Lipinski definition) is 1. The number of rotatable bonds is 3. The van der Waals surface area contributed by atoms with Crippen LogP contribution in [0.2, 0.25) is 0 Å². The van der Waals surface area contributed by atoms with Crippen molar-refractivity contribution in [2.45, 2.75) is 0 Å². The van der Waals surface area contributed by atoms with E-state index in [0.717, 1.165) is 5.52 Å². The Morgan fingerprint density at radius 3 is 2.90 bits per heavy atom. The van der Waals surface area contributed by atoms with Gasteiger partial charge in [-0.25, -0.2) is 4.52 Å². The second-order valence-electron chi connectivity index (χ2n) is 4.29. The number of hydrogen-bond acceptors (Lipinski definition) is 3. The van der Waals surface area contributed by atoms with Gasteiger partial charge in [0.2, 0.25) is 0 Å². The standard InChI is InChI=1S/C15H13N3O2/c1-20-13-7-4-5-11(9-13)16-15(19)14-10-12-6-2-3-8-18(12)17-14/h2-10H,1H3,(H,16,19). The lowest BCUT2D eigenvalue weighted by Crippen LogP contribution is -2.12. The molecule has 0 aliphatic heterocycles. The Labute approximate surface area is 115 Å². The maximum atomic E-state index is 12.2. The van der Waals surface area contributed by atoms with E-state index in [9.17, 15) is 4.79 Å². The lowest BCUT2D eigenvalue weighted by atomic mass is 10.3. The summed E-state index contributed by atoms with van der Waals surface area (Å²) in [5.41, 5.74) is 1.92. The maximum Gasteiger partial charge on any atom is 0.276 e. The number of carbonyl (C=O) groups excluding carboxylic acids is 1. The molecule has 5 nitrogen and oxygen atoms in total. The summed E-state index contributed by atoms with van der Waals surface area (Å²) >= 11 is 0. The Morgan fingerprint density at radius 2 is 2.10 bits per heavy atom. The number of amides is 1. The molecule has 0 spiro atoms. The van der Waals surface area contributed by atoms with E-state index in [1.165, 1.54) is 0 Å². The Morgan fingerprint density at radius 1 is 1.20 bits per heavy atom. The number of nitrogens with zero attached hydrogens (tertiary/aromatic N) is 2. The molecule has 20 heavy (non-hydrogen) atoms. The predicted molar refractivity (Wildman–Crippen MR) is 76.1 cm³/mol. The van der Waals surface area contributed by atoms with E-state index in [-0.39, 0.29) is 5.91 Å². The third kappa shape index (κ3) is 2.33. The largest absolute Gasteiger partial charge is 0.497 e. The van der Waals surface area contributed by atoms with Crippen molar-refractivity contribution in [3.63, 3.8) is 0 Å². The average molecular weight is 267 g/mol. The normalized spacial score (nSPS) is 10.4. The molecule has 0 unspecified atom stereocenters. The molecule has 2 aromatic heterocycles. The van der Waals surface area contributed by atoms with Crippen LogP contribution in [0.25, 0.3) is 5.52 Å². The molecule has 100 valence electrons. The molecule has 1 amide bonds. The summed E-state index contributed by atoms with van der Waals surface area (Å²) in [4.78, 5) is 12.2. The number of anilines is 1. The van der Waals surface area contributed by atoms with Gasteiger partial charge in [-0.05, 0) is 30.3 Å². The van der Waals surface area contributed by atoms with Gasteiger partial charge in [0.05, 0.1) is 12.6 Å². The zero-order chi connectivity index (χ0) is 13.9. The van der Waals surface area contributed by atoms with Gasteiger partial charge in [-0.2, -0.15) is 5.10 Å². The fraction of sp³-hybridized carbons (Fsp3) is 0.0667. The van der Waals surface area contributed by atoms with Crippen LogP contribution in [0.15, 0.2) is 54.7 Å². The van der Waals surface area contributed by atoms with Crippen LogP contribution in [0.1, 0.15) is 10.5 Å². The van der Waals surface area contributed by atoms with Gasteiger partial charge in [0.15, 0.2) is 5.69 Å². The molecule has 0 saturated heterocycles. The smallest absolute Gasteiger partial charge is 0.276 e. The summed E-state index contributed by atoms with van der Waals surface area (Å²) in [5.74, 6) is 0.444. The Kier molecular flexibility index (Phi) is 3.09. The highest BCUT2D eigenvalue weighted by molar-refractivity contribution is 6.03. The van der Waals surface area contributed by atoms with Crippen molar-refractivity contribution >= 4 is 17.1 Å². The summed E-state index contributed by atoms with van der Waals surface area (Å²) in [6.07, 6.45) is 1.80. The van der Waals surface area contributed by atoms with E-state index in [2.05, 4.69) is 10.4 Å². The molecule has 0 aliphatic rings. The Bertz CT molecular complexity index is 731. The van der Waals surface area contributed by atoms with Gasteiger partial charge >= 0.3 is 0 Å². The number of methoxy groups -OCH3 is 1. The highest BCUT2D eigenvalue weighted by Crippen LogP contribution is 2.17. The van der Waals surface area contributed by atoms with Crippen LogP contribution < -0.4 is 10.1 Å². The third-order valence-corrected chi connectivity index (χ3v) is 2.93. The van der Waals surface area contributed by atoms with E-state index >= 15 is 0 Å². The van der Waals surface area contributed by atoms with Crippen molar-refractivity contribution < 1.29 is 9.53 Å². The minimum atomic E-state index is -0.248. The molecular weight excluding hydrogens is 254 g/mol.